The summed E-state index contributed by atoms with van der Waals surface area (Å²) in [6.07, 6.45) is 13.6. The Balaban J connectivity index is 0.000000677. The number of hydrogen-bond acceptors (Lipinski definition) is 0. The molecule has 0 aromatic heterocycles. The molecule has 2 saturated carbocycles. The Bertz CT molecular complexity index is 284. The fourth-order valence-corrected chi connectivity index (χ4v) is 2.62. The zero-order valence-corrected chi connectivity index (χ0v) is 16.6. The Morgan fingerprint density at radius 2 is 1.00 bits per heavy atom. The van der Waals surface area contributed by atoms with Gasteiger partial charge in [0, 0.05) is 0 Å². The molecule has 0 nitrogen and oxygen atoms in total. The van der Waals surface area contributed by atoms with E-state index >= 15 is 0 Å². The molecule has 0 atom stereocenters. The van der Waals surface area contributed by atoms with E-state index in [-0.39, 0.29) is 25.2 Å². The Kier molecular flexibility index (Phi) is 8.01. The Morgan fingerprint density at radius 1 is 0.714 bits per heavy atom. The summed E-state index contributed by atoms with van der Waals surface area (Å²) in [4.78, 5) is 0. The molecule has 2 rings (SSSR count). The van der Waals surface area contributed by atoms with Crippen molar-refractivity contribution >= 4 is 19.7 Å². The van der Waals surface area contributed by atoms with Crippen molar-refractivity contribution in [3.05, 3.63) is 62.2 Å². The summed E-state index contributed by atoms with van der Waals surface area (Å²) in [5, 5.41) is 0. The minimum atomic E-state index is -0.368. The molecule has 0 saturated heterocycles. The van der Waals surface area contributed by atoms with Crippen LogP contribution in [0.25, 0.3) is 0 Å². The molecule has 2 aliphatic carbocycles. The van der Waals surface area contributed by atoms with E-state index in [4.69, 9.17) is 19.7 Å². The molecule has 3 heteroatoms. The van der Waals surface area contributed by atoms with E-state index in [0.717, 1.165) is 0 Å². The molecule has 2 aliphatic rings. The van der Waals surface area contributed by atoms with E-state index < -0.39 is 0 Å². The van der Waals surface area contributed by atoms with E-state index in [0.29, 0.717) is 0 Å². The first kappa shape index (κ1) is 20.2. The van der Waals surface area contributed by atoms with Gasteiger partial charge in [0.2, 0.25) is 0 Å². The molecule has 0 heterocycles. The van der Waals surface area contributed by atoms with Gasteiger partial charge in [0.05, 0.1) is 0 Å². The molecule has 0 bridgehead atoms. The van der Waals surface area contributed by atoms with Crippen LogP contribution in [-0.2, 0) is 14.4 Å². The topological polar surface area (TPSA) is 0 Å². The zero-order valence-electron chi connectivity index (χ0n) is 13.7. The Labute approximate surface area is 148 Å². The summed E-state index contributed by atoms with van der Waals surface area (Å²) >= 11 is -0.368. The third-order valence-electron chi connectivity index (χ3n) is 4.82. The monoisotopic (exact) mass is 361 g/mol. The third kappa shape index (κ3) is 4.82. The maximum atomic E-state index is 4.86. The summed E-state index contributed by atoms with van der Waals surface area (Å²) < 4.78 is 0. The van der Waals surface area contributed by atoms with Crippen molar-refractivity contribution in [2.75, 3.05) is 0 Å². The third-order valence-corrected chi connectivity index (χ3v) is 4.82. The van der Waals surface area contributed by atoms with Gasteiger partial charge < -0.3 is 0 Å². The van der Waals surface area contributed by atoms with E-state index in [1.807, 2.05) is 0 Å². The van der Waals surface area contributed by atoms with E-state index in [9.17, 15) is 0 Å². The summed E-state index contributed by atoms with van der Waals surface area (Å²) in [5.41, 5.74) is 0.254. The molecule has 10 radical (unpaired) electrons. The first-order valence-electron chi connectivity index (χ1n) is 7.06. The molecular formula is C18H24Cl2V. The summed E-state index contributed by atoms with van der Waals surface area (Å²) in [7, 11) is 9.72. The predicted molar refractivity (Wildman–Crippen MR) is 89.4 cm³/mol. The van der Waals surface area contributed by atoms with E-state index in [2.05, 4.69) is 80.1 Å². The van der Waals surface area contributed by atoms with Crippen LogP contribution < -0.4 is 0 Å². The molecule has 0 N–H and O–H groups in total. The molecule has 0 amide bonds. The standard InChI is InChI=1S/C18H24.2ClH.V/c1-13-7-9-15(11-13)17(3,4)18(5,6)16-10-8-14(2)12-16;;;/h7-12H,1-6H3;2*1H;/q;;;+2/p-2. The normalized spacial score (nSPS) is 23.2. The van der Waals surface area contributed by atoms with Gasteiger partial charge in [0.15, 0.2) is 0 Å². The van der Waals surface area contributed by atoms with Crippen molar-refractivity contribution in [1.29, 1.82) is 0 Å². The number of hydrogen-bond donors (Lipinski definition) is 0. The number of halogens is 2. The van der Waals surface area contributed by atoms with Crippen LogP contribution in [0.3, 0.4) is 0 Å². The summed E-state index contributed by atoms with van der Waals surface area (Å²) in [6, 6.07) is 0. The second-order valence-electron chi connectivity index (χ2n) is 6.67. The first-order valence-corrected chi connectivity index (χ1v) is 10.9. The molecule has 21 heavy (non-hydrogen) atoms. The average molecular weight is 362 g/mol. The molecule has 2 fully saturated rings. The van der Waals surface area contributed by atoms with Crippen LogP contribution in [0, 0.1) is 73.0 Å². The van der Waals surface area contributed by atoms with Gasteiger partial charge in [0.1, 0.15) is 0 Å². The van der Waals surface area contributed by atoms with Crippen LogP contribution in [0.2, 0.25) is 0 Å². The maximum absolute atomic E-state index is 4.86. The van der Waals surface area contributed by atoms with Gasteiger partial charge in [-0.2, -0.15) is 0 Å². The Hall–Kier alpha value is 1.16. The quantitative estimate of drug-likeness (QED) is 0.577. The Morgan fingerprint density at radius 3 is 1.19 bits per heavy atom. The van der Waals surface area contributed by atoms with Crippen LogP contribution >= 0.6 is 19.7 Å². The van der Waals surface area contributed by atoms with Crippen molar-refractivity contribution in [2.24, 2.45) is 10.8 Å². The van der Waals surface area contributed by atoms with Gasteiger partial charge in [-0.15, -0.1) is 0 Å². The molecule has 0 aromatic carbocycles. The second-order valence-corrected chi connectivity index (χ2v) is 8.97. The zero-order chi connectivity index (χ0) is 16.3. The average Bonchev–Trinajstić information content (AvgIpc) is 2.99. The van der Waals surface area contributed by atoms with Crippen LogP contribution in [0.15, 0.2) is 0 Å². The van der Waals surface area contributed by atoms with Crippen molar-refractivity contribution in [3.8, 4) is 0 Å². The molecular weight excluding hydrogens is 338 g/mol. The van der Waals surface area contributed by atoms with Crippen LogP contribution in [0.4, 0.5) is 0 Å². The predicted octanol–water partition coefficient (Wildman–Crippen LogP) is 6.01. The molecule has 0 aromatic rings. The summed E-state index contributed by atoms with van der Waals surface area (Å²) in [5.74, 6) is 5.58. The van der Waals surface area contributed by atoms with Crippen LogP contribution in [0.5, 0.6) is 0 Å². The van der Waals surface area contributed by atoms with Crippen molar-refractivity contribution in [1.82, 2.24) is 0 Å². The summed E-state index contributed by atoms with van der Waals surface area (Å²) in [6.45, 7) is 13.7. The van der Waals surface area contributed by atoms with E-state index in [1.165, 1.54) is 23.7 Å². The molecule has 0 unspecified atom stereocenters. The van der Waals surface area contributed by atoms with Gasteiger partial charge in [-0.05, 0) is 73.0 Å². The number of rotatable bonds is 3. The van der Waals surface area contributed by atoms with Crippen molar-refractivity contribution in [2.45, 2.75) is 41.5 Å². The van der Waals surface area contributed by atoms with Gasteiger partial charge in [-0.3, -0.25) is 0 Å². The van der Waals surface area contributed by atoms with Gasteiger partial charge >= 0.3 is 34.1 Å². The van der Waals surface area contributed by atoms with E-state index in [1.54, 1.807) is 0 Å². The second kappa shape index (κ2) is 8.32. The van der Waals surface area contributed by atoms with Crippen molar-refractivity contribution in [3.63, 3.8) is 0 Å². The first-order chi connectivity index (χ1) is 9.66. The van der Waals surface area contributed by atoms with Crippen molar-refractivity contribution < 1.29 is 14.4 Å². The molecule has 0 aliphatic heterocycles. The fourth-order valence-electron chi connectivity index (χ4n) is 2.62. The van der Waals surface area contributed by atoms with Crippen LogP contribution in [0.1, 0.15) is 41.5 Å². The SMILES string of the molecule is C[C]1[CH][CH][C](C(C)(C)C(C)(C)[C]2[CH][CH][C](C)[CH]2)[CH]1.[Cl][V][Cl]. The minimum absolute atomic E-state index is 0.127. The molecule has 115 valence electrons. The fraction of sp³-hybridized carbons (Fsp3) is 0.444. The molecule has 0 spiro atoms. The van der Waals surface area contributed by atoms with Crippen LogP contribution in [-0.4, -0.2) is 0 Å². The van der Waals surface area contributed by atoms with Gasteiger partial charge in [-0.25, -0.2) is 0 Å². The van der Waals surface area contributed by atoms with Gasteiger partial charge in [-0.1, -0.05) is 41.5 Å². The van der Waals surface area contributed by atoms with Gasteiger partial charge in [0.25, 0.3) is 0 Å².